The number of hydrogen-bond acceptors (Lipinski definition) is 5. The van der Waals surface area contributed by atoms with Gasteiger partial charge >= 0.3 is 12.6 Å². The number of carboxylic acid groups (broad SMARTS) is 1. The molecule has 0 unspecified atom stereocenters. The van der Waals surface area contributed by atoms with Gasteiger partial charge in [0.25, 0.3) is 0 Å². The molecule has 1 atom stereocenters. The minimum absolute atomic E-state index is 0.176. The Bertz CT molecular complexity index is 1040. The number of aliphatic carboxylic acids is 1. The number of aromatic nitrogens is 1. The molecular weight excluding hydrogens is 444 g/mol. The predicted molar refractivity (Wildman–Crippen MR) is 124 cm³/mol. The van der Waals surface area contributed by atoms with Crippen LogP contribution in [0.2, 0.25) is 0 Å². The van der Waals surface area contributed by atoms with Gasteiger partial charge in [0.05, 0.1) is 12.1 Å². The molecule has 0 radical (unpaired) electrons. The average Bonchev–Trinajstić information content (AvgIpc) is 2.73. The molecule has 2 heterocycles. The van der Waals surface area contributed by atoms with Crippen molar-refractivity contribution in [1.29, 1.82) is 0 Å². The van der Waals surface area contributed by atoms with Crippen molar-refractivity contribution in [3.63, 3.8) is 0 Å². The number of pyridine rings is 1. The molecule has 1 amide bonds. The number of anilines is 1. The second kappa shape index (κ2) is 10.4. The molecule has 1 aromatic heterocycles. The molecule has 3 rings (SSSR count). The van der Waals surface area contributed by atoms with Crippen LogP contribution < -0.4 is 10.1 Å². The van der Waals surface area contributed by atoms with Crippen LogP contribution in [0.1, 0.15) is 49.9 Å². The Kier molecular flexibility index (Phi) is 7.74. The number of likely N-dealkylation sites (tertiary alicyclic amines) is 1. The minimum Gasteiger partial charge on any atom is -0.481 e. The van der Waals surface area contributed by atoms with E-state index >= 15 is 0 Å². The molecule has 2 aromatic rings. The Morgan fingerprint density at radius 1 is 1.18 bits per heavy atom. The summed E-state index contributed by atoms with van der Waals surface area (Å²) in [5.74, 6) is -1.79. The molecule has 34 heavy (non-hydrogen) atoms. The van der Waals surface area contributed by atoms with E-state index in [1.807, 2.05) is 18.2 Å². The van der Waals surface area contributed by atoms with E-state index in [2.05, 4.69) is 35.0 Å². The van der Waals surface area contributed by atoms with Crippen LogP contribution in [0, 0.1) is 12.8 Å². The number of nitrogens with zero attached hydrogens (tertiary/aromatic N) is 2. The minimum atomic E-state index is -3.00. The van der Waals surface area contributed by atoms with Crippen molar-refractivity contribution in [3.8, 4) is 5.88 Å². The molecule has 1 fully saturated rings. The van der Waals surface area contributed by atoms with E-state index in [-0.39, 0.29) is 24.1 Å². The summed E-state index contributed by atoms with van der Waals surface area (Å²) < 4.78 is 30.5. The van der Waals surface area contributed by atoms with Crippen LogP contribution in [0.25, 0.3) is 0 Å². The third kappa shape index (κ3) is 5.63. The van der Waals surface area contributed by atoms with Crippen LogP contribution in [0.5, 0.6) is 5.88 Å². The smallest absolute Gasteiger partial charge is 0.388 e. The first-order chi connectivity index (χ1) is 16.0. The van der Waals surface area contributed by atoms with Gasteiger partial charge in [-0.2, -0.15) is 8.78 Å². The van der Waals surface area contributed by atoms with Gasteiger partial charge in [-0.1, -0.05) is 45.0 Å². The van der Waals surface area contributed by atoms with Crippen LogP contribution in [0.3, 0.4) is 0 Å². The molecule has 9 heteroatoms. The van der Waals surface area contributed by atoms with Crippen LogP contribution >= 0.6 is 0 Å². The lowest BCUT2D eigenvalue weighted by Crippen LogP contribution is -2.65. The highest BCUT2D eigenvalue weighted by Crippen LogP contribution is 2.40. The van der Waals surface area contributed by atoms with Crippen molar-refractivity contribution < 1.29 is 28.2 Å². The lowest BCUT2D eigenvalue weighted by atomic mass is 9.70. The third-order valence-corrected chi connectivity index (χ3v) is 6.17. The van der Waals surface area contributed by atoms with E-state index in [0.29, 0.717) is 31.0 Å². The summed E-state index contributed by atoms with van der Waals surface area (Å²) in [5.41, 5.74) is 2.63. The summed E-state index contributed by atoms with van der Waals surface area (Å²) in [6.45, 7) is 5.62. The van der Waals surface area contributed by atoms with Crippen LogP contribution in [0.15, 0.2) is 36.4 Å². The number of halogens is 2. The summed E-state index contributed by atoms with van der Waals surface area (Å²) in [6.07, 6.45) is -0.230. The van der Waals surface area contributed by atoms with E-state index in [1.165, 1.54) is 0 Å². The van der Waals surface area contributed by atoms with Gasteiger partial charge in [-0.05, 0) is 36.1 Å². The molecule has 7 nitrogen and oxygen atoms in total. The van der Waals surface area contributed by atoms with Gasteiger partial charge in [-0.25, -0.2) is 4.98 Å². The summed E-state index contributed by atoms with van der Waals surface area (Å²) in [5, 5.41) is 12.3. The van der Waals surface area contributed by atoms with E-state index in [9.17, 15) is 18.4 Å². The second-order valence-corrected chi connectivity index (χ2v) is 9.25. The fourth-order valence-electron chi connectivity index (χ4n) is 4.47. The zero-order chi connectivity index (χ0) is 25.0. The number of benzene rings is 1. The summed E-state index contributed by atoms with van der Waals surface area (Å²) in [4.78, 5) is 29.6. The number of alkyl halides is 2. The molecule has 1 aliphatic heterocycles. The SMILES string of the molecule is Cc1ccc(NCC2(c3ccccc3C(C)C)CN(C(=O)[C@H](C)CC(=O)O)C2)c(OC(F)F)n1. The lowest BCUT2D eigenvalue weighted by molar-refractivity contribution is -0.148. The van der Waals surface area contributed by atoms with Gasteiger partial charge in [-0.3, -0.25) is 9.59 Å². The summed E-state index contributed by atoms with van der Waals surface area (Å²) >= 11 is 0. The third-order valence-electron chi connectivity index (χ3n) is 6.17. The maximum Gasteiger partial charge on any atom is 0.388 e. The Hall–Kier alpha value is -3.23. The normalized spacial score (nSPS) is 15.7. The van der Waals surface area contributed by atoms with Gasteiger partial charge in [0, 0.05) is 36.7 Å². The quantitative estimate of drug-likeness (QED) is 0.529. The molecule has 1 saturated heterocycles. The molecule has 2 N–H and O–H groups in total. The van der Waals surface area contributed by atoms with Crippen molar-refractivity contribution in [2.24, 2.45) is 5.92 Å². The molecule has 1 aromatic carbocycles. The Balaban J connectivity index is 1.89. The first-order valence-electron chi connectivity index (χ1n) is 11.3. The van der Waals surface area contributed by atoms with E-state index in [4.69, 9.17) is 5.11 Å². The number of hydrogen-bond donors (Lipinski definition) is 2. The van der Waals surface area contributed by atoms with Crippen molar-refractivity contribution in [2.75, 3.05) is 25.0 Å². The number of nitrogens with one attached hydrogen (secondary N) is 1. The number of carboxylic acids is 1. The topological polar surface area (TPSA) is 91.8 Å². The zero-order valence-corrected chi connectivity index (χ0v) is 19.8. The highest BCUT2D eigenvalue weighted by atomic mass is 19.3. The Morgan fingerprint density at radius 3 is 2.47 bits per heavy atom. The summed E-state index contributed by atoms with van der Waals surface area (Å²) in [6, 6.07) is 11.4. The fraction of sp³-hybridized carbons (Fsp3) is 0.480. The van der Waals surface area contributed by atoms with E-state index < -0.39 is 23.9 Å². The van der Waals surface area contributed by atoms with E-state index in [0.717, 1.165) is 11.1 Å². The number of carbonyl (C=O) groups excluding carboxylic acids is 1. The van der Waals surface area contributed by atoms with Gasteiger partial charge in [0.1, 0.15) is 0 Å². The number of ether oxygens (including phenoxy) is 1. The second-order valence-electron chi connectivity index (χ2n) is 9.25. The van der Waals surface area contributed by atoms with Gasteiger partial charge < -0.3 is 20.1 Å². The average molecular weight is 476 g/mol. The van der Waals surface area contributed by atoms with Crippen molar-refractivity contribution >= 4 is 17.6 Å². The summed E-state index contributed by atoms with van der Waals surface area (Å²) in [7, 11) is 0. The van der Waals surface area contributed by atoms with Gasteiger partial charge in [0.15, 0.2) is 0 Å². The first-order valence-corrected chi connectivity index (χ1v) is 11.3. The van der Waals surface area contributed by atoms with Gasteiger partial charge in [0.2, 0.25) is 11.8 Å². The van der Waals surface area contributed by atoms with Crippen LogP contribution in [-0.4, -0.2) is 53.1 Å². The molecule has 0 saturated carbocycles. The first kappa shape index (κ1) is 25.4. The maximum absolute atomic E-state index is 12.9. The number of carbonyl (C=O) groups is 2. The molecule has 0 spiro atoms. The molecular formula is C25H31F2N3O4. The molecule has 184 valence electrons. The highest BCUT2D eigenvalue weighted by Gasteiger charge is 2.48. The van der Waals surface area contributed by atoms with E-state index in [1.54, 1.807) is 30.9 Å². The van der Waals surface area contributed by atoms with Crippen molar-refractivity contribution in [2.45, 2.75) is 52.1 Å². The Labute approximate surface area is 198 Å². The number of rotatable bonds is 10. The van der Waals surface area contributed by atoms with Crippen molar-refractivity contribution in [1.82, 2.24) is 9.88 Å². The van der Waals surface area contributed by atoms with Crippen molar-refractivity contribution in [3.05, 3.63) is 53.2 Å². The number of amides is 1. The predicted octanol–water partition coefficient (Wildman–Crippen LogP) is 4.42. The largest absolute Gasteiger partial charge is 0.481 e. The maximum atomic E-state index is 12.9. The fourth-order valence-corrected chi connectivity index (χ4v) is 4.47. The molecule has 0 bridgehead atoms. The lowest BCUT2D eigenvalue weighted by Gasteiger charge is -2.52. The zero-order valence-electron chi connectivity index (χ0n) is 19.8. The highest BCUT2D eigenvalue weighted by molar-refractivity contribution is 5.84. The van der Waals surface area contributed by atoms with Crippen LogP contribution in [0.4, 0.5) is 14.5 Å². The van der Waals surface area contributed by atoms with Gasteiger partial charge in [-0.15, -0.1) is 0 Å². The Morgan fingerprint density at radius 2 is 1.85 bits per heavy atom. The number of aryl methyl sites for hydroxylation is 1. The van der Waals surface area contributed by atoms with Crippen LogP contribution in [-0.2, 0) is 15.0 Å². The monoisotopic (exact) mass is 475 g/mol. The standard InChI is InChI=1S/C25H31F2N3O4/c1-15(2)18-7-5-6-8-19(18)25(13-30(14-25)23(33)16(3)11-21(31)32)12-28-20-10-9-17(4)29-22(20)34-24(26)27/h5-10,15-16,24,28H,11-14H2,1-4H3,(H,31,32)/t16-/m1/s1. The molecule has 1 aliphatic rings. The molecule has 0 aliphatic carbocycles.